The minimum Gasteiger partial charge on any atom is -0.358 e. The maximum Gasteiger partial charge on any atom is 0.104 e. The first-order chi connectivity index (χ1) is 4.47. The summed E-state index contributed by atoms with van der Waals surface area (Å²) in [6.45, 7) is 6.01. The number of fused-ring (bicyclic) bond motifs is 1. The summed E-state index contributed by atoms with van der Waals surface area (Å²) in [6.07, 6.45) is 0. The summed E-state index contributed by atoms with van der Waals surface area (Å²) in [6, 6.07) is 0.541. The lowest BCUT2D eigenvalue weighted by atomic mass is 10.2. The average molecular weight is 127 g/mol. The van der Waals surface area contributed by atoms with E-state index in [1.165, 1.54) is 0 Å². The smallest absolute Gasteiger partial charge is 0.104 e. The summed E-state index contributed by atoms with van der Waals surface area (Å²) >= 11 is 0. The maximum absolute atomic E-state index is 5.15. The van der Waals surface area contributed by atoms with E-state index < -0.39 is 0 Å². The van der Waals surface area contributed by atoms with E-state index in [1.54, 1.807) is 0 Å². The van der Waals surface area contributed by atoms with Gasteiger partial charge >= 0.3 is 0 Å². The van der Waals surface area contributed by atoms with Crippen molar-refractivity contribution < 1.29 is 4.74 Å². The van der Waals surface area contributed by atoms with Crippen LogP contribution in [0.5, 0.6) is 0 Å². The number of piperazine rings is 1. The molecule has 0 aromatic rings. The van der Waals surface area contributed by atoms with Crippen molar-refractivity contribution >= 4 is 0 Å². The van der Waals surface area contributed by atoms with Gasteiger partial charge in [-0.25, -0.2) is 0 Å². The second-order valence-electron chi connectivity index (χ2n) is 2.52. The Kier molecular flexibility index (Phi) is 1.41. The Morgan fingerprint density at radius 1 is 1.67 bits per heavy atom. The minimum atomic E-state index is 0.541. The van der Waals surface area contributed by atoms with E-state index >= 15 is 0 Å². The lowest BCUT2D eigenvalue weighted by Gasteiger charge is -2.27. The van der Waals surface area contributed by atoms with Gasteiger partial charge < -0.3 is 10.1 Å². The molecule has 1 atom stereocenters. The number of hydrogen-bond acceptors (Lipinski definition) is 3. The molecule has 1 unspecified atom stereocenters. The average Bonchev–Trinajstić information content (AvgIpc) is 2.33. The summed E-state index contributed by atoms with van der Waals surface area (Å²) in [4.78, 5) is 2.33. The molecular formula is C6H11N2O. The molecule has 3 nitrogen and oxygen atoms in total. The molecule has 0 spiro atoms. The highest BCUT2D eigenvalue weighted by molar-refractivity contribution is 4.88. The monoisotopic (exact) mass is 127 g/mol. The molecule has 2 heterocycles. The van der Waals surface area contributed by atoms with Crippen molar-refractivity contribution in [1.82, 2.24) is 10.2 Å². The maximum atomic E-state index is 5.15. The van der Waals surface area contributed by atoms with Gasteiger partial charge in [0, 0.05) is 19.6 Å². The number of nitrogens with one attached hydrogen (secondary N) is 1. The van der Waals surface area contributed by atoms with Crippen molar-refractivity contribution in [2.45, 2.75) is 6.04 Å². The van der Waals surface area contributed by atoms with Gasteiger partial charge in [0.25, 0.3) is 0 Å². The number of rotatable bonds is 0. The van der Waals surface area contributed by atoms with Crippen LogP contribution in [-0.2, 0) is 4.74 Å². The second-order valence-corrected chi connectivity index (χ2v) is 2.52. The predicted octanol–water partition coefficient (Wildman–Crippen LogP) is -0.590. The third kappa shape index (κ3) is 0.956. The Hall–Kier alpha value is -0.120. The van der Waals surface area contributed by atoms with Crippen LogP contribution < -0.4 is 5.32 Å². The zero-order valence-electron chi connectivity index (χ0n) is 5.34. The van der Waals surface area contributed by atoms with Crippen LogP contribution in [0.4, 0.5) is 0 Å². The molecule has 0 bridgehead atoms. The van der Waals surface area contributed by atoms with Gasteiger partial charge in [0.15, 0.2) is 0 Å². The van der Waals surface area contributed by atoms with E-state index in [0.717, 1.165) is 26.4 Å². The molecule has 0 saturated carbocycles. The van der Waals surface area contributed by atoms with Crippen molar-refractivity contribution in [3.63, 3.8) is 0 Å². The van der Waals surface area contributed by atoms with Crippen molar-refractivity contribution in [2.75, 3.05) is 26.4 Å². The van der Waals surface area contributed by atoms with Crippen molar-refractivity contribution in [1.29, 1.82) is 0 Å². The van der Waals surface area contributed by atoms with Gasteiger partial charge in [-0.05, 0) is 0 Å². The zero-order valence-corrected chi connectivity index (χ0v) is 5.34. The summed E-state index contributed by atoms with van der Waals surface area (Å²) in [5.74, 6) is 0. The Morgan fingerprint density at radius 2 is 2.67 bits per heavy atom. The highest BCUT2D eigenvalue weighted by Crippen LogP contribution is 2.13. The van der Waals surface area contributed by atoms with Crippen molar-refractivity contribution in [2.24, 2.45) is 0 Å². The second kappa shape index (κ2) is 2.25. The first kappa shape index (κ1) is 5.65. The normalized spacial score (nSPS) is 36.7. The topological polar surface area (TPSA) is 24.5 Å². The third-order valence-electron chi connectivity index (χ3n) is 1.89. The van der Waals surface area contributed by atoms with Crippen LogP contribution in [0.1, 0.15) is 0 Å². The summed E-state index contributed by atoms with van der Waals surface area (Å²) in [5.41, 5.74) is 0. The molecule has 2 rings (SSSR count). The Morgan fingerprint density at radius 3 is 3.56 bits per heavy atom. The largest absolute Gasteiger partial charge is 0.358 e. The fourth-order valence-corrected chi connectivity index (χ4v) is 1.31. The molecule has 2 aliphatic rings. The Labute approximate surface area is 55.0 Å². The molecule has 1 N–H and O–H groups in total. The van der Waals surface area contributed by atoms with Crippen molar-refractivity contribution in [3.8, 4) is 0 Å². The van der Waals surface area contributed by atoms with Gasteiger partial charge in [0.05, 0.1) is 12.8 Å². The van der Waals surface area contributed by atoms with E-state index in [1.807, 2.05) is 6.61 Å². The van der Waals surface area contributed by atoms with Gasteiger partial charge in [-0.15, -0.1) is 0 Å². The summed E-state index contributed by atoms with van der Waals surface area (Å²) in [5, 5.41) is 3.30. The van der Waals surface area contributed by atoms with Crippen LogP contribution in [0, 0.1) is 6.61 Å². The van der Waals surface area contributed by atoms with Crippen molar-refractivity contribution in [3.05, 3.63) is 6.61 Å². The molecule has 9 heavy (non-hydrogen) atoms. The molecule has 1 radical (unpaired) electrons. The molecule has 2 saturated heterocycles. The van der Waals surface area contributed by atoms with Gasteiger partial charge in [-0.3, -0.25) is 4.90 Å². The SMILES string of the molecule is [CH]1OCN2CCNCC12. The first-order valence-corrected chi connectivity index (χ1v) is 3.36. The Bertz CT molecular complexity index is 95.2. The molecule has 3 heteroatoms. The summed E-state index contributed by atoms with van der Waals surface area (Å²) in [7, 11) is 0. The van der Waals surface area contributed by atoms with Crippen LogP contribution in [-0.4, -0.2) is 37.3 Å². The van der Waals surface area contributed by atoms with Crippen LogP contribution in [0.25, 0.3) is 0 Å². The van der Waals surface area contributed by atoms with E-state index in [9.17, 15) is 0 Å². The van der Waals surface area contributed by atoms with E-state index in [4.69, 9.17) is 4.74 Å². The van der Waals surface area contributed by atoms with Gasteiger partial charge in [-0.1, -0.05) is 0 Å². The number of hydrogen-bond donors (Lipinski definition) is 1. The first-order valence-electron chi connectivity index (χ1n) is 3.36. The van der Waals surface area contributed by atoms with Gasteiger partial charge in [0.2, 0.25) is 0 Å². The molecule has 0 aromatic carbocycles. The number of ether oxygens (including phenoxy) is 1. The fourth-order valence-electron chi connectivity index (χ4n) is 1.31. The third-order valence-corrected chi connectivity index (χ3v) is 1.89. The highest BCUT2D eigenvalue weighted by Gasteiger charge is 2.27. The standard InChI is InChI=1S/C6H11N2O/c1-2-8-5-9-4-6(8)3-7-1/h4,6-7H,1-3,5H2. The zero-order chi connectivity index (χ0) is 6.10. The molecule has 0 amide bonds. The van der Waals surface area contributed by atoms with Crippen LogP contribution in [0.2, 0.25) is 0 Å². The lowest BCUT2D eigenvalue weighted by Crippen LogP contribution is -2.47. The quantitative estimate of drug-likeness (QED) is 0.470. The molecule has 2 aliphatic heterocycles. The molecule has 51 valence electrons. The van der Waals surface area contributed by atoms with E-state index in [0.29, 0.717) is 6.04 Å². The molecular weight excluding hydrogens is 116 g/mol. The Balaban J connectivity index is 1.97. The minimum absolute atomic E-state index is 0.541. The number of nitrogens with zero attached hydrogens (tertiary/aromatic N) is 1. The summed E-state index contributed by atoms with van der Waals surface area (Å²) < 4.78 is 5.15. The highest BCUT2D eigenvalue weighted by atomic mass is 16.5. The van der Waals surface area contributed by atoms with Crippen LogP contribution in [0.15, 0.2) is 0 Å². The molecule has 0 aliphatic carbocycles. The predicted molar refractivity (Wildman–Crippen MR) is 33.6 cm³/mol. The van der Waals surface area contributed by atoms with Crippen LogP contribution >= 0.6 is 0 Å². The molecule has 0 aromatic heterocycles. The van der Waals surface area contributed by atoms with Gasteiger partial charge in [0.1, 0.15) is 6.61 Å². The molecule has 2 fully saturated rings. The van der Waals surface area contributed by atoms with E-state index in [-0.39, 0.29) is 0 Å². The van der Waals surface area contributed by atoms with Gasteiger partial charge in [-0.2, -0.15) is 0 Å². The van der Waals surface area contributed by atoms with Crippen LogP contribution in [0.3, 0.4) is 0 Å². The fraction of sp³-hybridized carbons (Fsp3) is 0.833. The van der Waals surface area contributed by atoms with E-state index in [2.05, 4.69) is 10.2 Å². The lowest BCUT2D eigenvalue weighted by molar-refractivity contribution is 0.145.